The van der Waals surface area contributed by atoms with E-state index in [1.165, 1.54) is 7.05 Å². The Bertz CT molecular complexity index is 475. The van der Waals surface area contributed by atoms with Gasteiger partial charge in [-0.25, -0.2) is 0 Å². The maximum atomic E-state index is 12.3. The highest BCUT2D eigenvalue weighted by Crippen LogP contribution is 2.30. The zero-order chi connectivity index (χ0) is 15.6. The van der Waals surface area contributed by atoms with Crippen molar-refractivity contribution in [3.63, 3.8) is 0 Å². The summed E-state index contributed by atoms with van der Waals surface area (Å²) >= 11 is 0.419. The molecule has 0 saturated carbocycles. The van der Waals surface area contributed by atoms with Crippen LogP contribution in [0.3, 0.4) is 0 Å². The van der Waals surface area contributed by atoms with E-state index in [-0.39, 0.29) is 4.90 Å². The molecule has 0 amide bonds. The van der Waals surface area contributed by atoms with Gasteiger partial charge in [-0.15, -0.1) is 0 Å². The first kappa shape index (κ1) is 19.9. The van der Waals surface area contributed by atoms with E-state index in [4.69, 9.17) is 5.26 Å². The van der Waals surface area contributed by atoms with Crippen LogP contribution in [-0.2, 0) is 13.2 Å². The van der Waals surface area contributed by atoms with Crippen molar-refractivity contribution in [2.45, 2.75) is 38.8 Å². The fourth-order valence-corrected chi connectivity index (χ4v) is 1.47. The van der Waals surface area contributed by atoms with Crippen molar-refractivity contribution < 1.29 is 13.2 Å². The number of hydrogen-bond donors (Lipinski definition) is 0. The van der Waals surface area contributed by atoms with E-state index in [0.717, 1.165) is 4.57 Å². The van der Waals surface area contributed by atoms with Gasteiger partial charge in [-0.2, -0.15) is 18.4 Å². The Labute approximate surface area is 115 Å². The molecule has 1 heterocycles. The van der Waals surface area contributed by atoms with Crippen LogP contribution in [0, 0.1) is 10.7 Å². The van der Waals surface area contributed by atoms with Crippen LogP contribution in [-0.4, -0.2) is 4.57 Å². The molecule has 7 heteroatoms. The lowest BCUT2D eigenvalue weighted by molar-refractivity contribution is -0.138. The second kappa shape index (κ2) is 9.50. The highest BCUT2D eigenvalue weighted by molar-refractivity contribution is 8.03. The molecular formula is C12H17F3N2OS. The second-order valence-electron chi connectivity index (χ2n) is 2.70. The number of pyridine rings is 1. The minimum atomic E-state index is -4.52. The second-order valence-corrected chi connectivity index (χ2v) is 3.53. The molecule has 0 radical (unpaired) electrons. The summed E-state index contributed by atoms with van der Waals surface area (Å²) in [5.74, 6) is 0. The van der Waals surface area contributed by atoms with Crippen LogP contribution in [0.5, 0.6) is 0 Å². The van der Waals surface area contributed by atoms with Gasteiger partial charge >= 0.3 is 6.18 Å². The summed E-state index contributed by atoms with van der Waals surface area (Å²) < 4.78 is 37.7. The molecule has 1 rings (SSSR count). The van der Waals surface area contributed by atoms with Gasteiger partial charge in [-0.05, 0) is 17.8 Å². The Hall–Kier alpha value is -1.42. The zero-order valence-electron chi connectivity index (χ0n) is 11.5. The summed E-state index contributed by atoms with van der Waals surface area (Å²) in [4.78, 5) is 11.0. The van der Waals surface area contributed by atoms with Crippen molar-refractivity contribution in [3.05, 3.63) is 28.2 Å². The summed E-state index contributed by atoms with van der Waals surface area (Å²) in [6, 6.07) is 0.677. The van der Waals surface area contributed by atoms with Crippen molar-refractivity contribution in [1.29, 1.82) is 5.26 Å². The molecule has 0 unspecified atom stereocenters. The van der Waals surface area contributed by atoms with Gasteiger partial charge in [0.25, 0.3) is 5.56 Å². The topological polar surface area (TPSA) is 45.8 Å². The molecule has 0 fully saturated rings. The Morgan fingerprint density at radius 1 is 1.26 bits per heavy atom. The molecule has 0 bridgehead atoms. The van der Waals surface area contributed by atoms with Crippen molar-refractivity contribution in [1.82, 2.24) is 4.57 Å². The molecule has 1 aromatic heterocycles. The van der Waals surface area contributed by atoms with Gasteiger partial charge in [-0.3, -0.25) is 4.79 Å². The zero-order valence-corrected chi connectivity index (χ0v) is 12.3. The average molecular weight is 294 g/mol. The number of nitrogens with zero attached hydrogens (tertiary/aromatic N) is 2. The summed E-state index contributed by atoms with van der Waals surface area (Å²) in [7, 11) is 1.21. The highest BCUT2D eigenvalue weighted by atomic mass is 32.2. The quantitative estimate of drug-likeness (QED) is 0.580. The predicted octanol–water partition coefficient (Wildman–Crippen LogP) is 4.03. The van der Waals surface area contributed by atoms with Crippen molar-refractivity contribution >= 4 is 11.8 Å². The number of rotatable bonds is 1. The molecule has 0 aliphatic heterocycles. The van der Waals surface area contributed by atoms with E-state index < -0.39 is 17.3 Å². The predicted molar refractivity (Wildman–Crippen MR) is 70.9 cm³/mol. The van der Waals surface area contributed by atoms with Crippen molar-refractivity contribution in [3.8, 4) is 5.40 Å². The number of thiocyanates is 1. The van der Waals surface area contributed by atoms with Crippen LogP contribution in [0.15, 0.2) is 22.0 Å². The van der Waals surface area contributed by atoms with Gasteiger partial charge in [0.2, 0.25) is 0 Å². The monoisotopic (exact) mass is 294 g/mol. The number of nitriles is 1. The number of hydrogen-bond acceptors (Lipinski definition) is 3. The molecule has 0 aliphatic carbocycles. The van der Waals surface area contributed by atoms with E-state index in [2.05, 4.69) is 0 Å². The minimum absolute atomic E-state index is 0.227. The van der Waals surface area contributed by atoms with Crippen molar-refractivity contribution in [2.24, 2.45) is 7.05 Å². The molecule has 0 aliphatic rings. The van der Waals surface area contributed by atoms with Gasteiger partial charge in [0.05, 0.1) is 10.5 Å². The fourth-order valence-electron chi connectivity index (χ4n) is 0.959. The van der Waals surface area contributed by atoms with Crippen LogP contribution in [0.25, 0.3) is 0 Å². The number of thioether (sulfide) groups is 1. The summed E-state index contributed by atoms with van der Waals surface area (Å²) in [5, 5.41) is 9.88. The Morgan fingerprint density at radius 2 is 1.74 bits per heavy atom. The molecule has 0 aromatic carbocycles. The third kappa shape index (κ3) is 6.34. The molecular weight excluding hydrogens is 277 g/mol. The first-order chi connectivity index (χ1) is 8.86. The lowest BCUT2D eigenvalue weighted by atomic mass is 10.3. The Kier molecular flexibility index (Phi) is 9.96. The lowest BCUT2D eigenvalue weighted by Gasteiger charge is -2.09. The van der Waals surface area contributed by atoms with Gasteiger partial charge < -0.3 is 4.57 Å². The van der Waals surface area contributed by atoms with E-state index in [1.807, 2.05) is 27.7 Å². The summed E-state index contributed by atoms with van der Waals surface area (Å²) in [6.07, 6.45) is -3.82. The number of halogens is 3. The fraction of sp³-hybridized carbons (Fsp3) is 0.500. The van der Waals surface area contributed by atoms with Gasteiger partial charge in [0, 0.05) is 13.2 Å². The van der Waals surface area contributed by atoms with Crippen LogP contribution in [0.2, 0.25) is 0 Å². The Balaban J connectivity index is 0. The lowest BCUT2D eigenvalue weighted by Crippen LogP contribution is -2.21. The number of alkyl halides is 3. The van der Waals surface area contributed by atoms with Gasteiger partial charge in [0.15, 0.2) is 0 Å². The molecule has 1 aromatic rings. The van der Waals surface area contributed by atoms with Gasteiger partial charge in [-0.1, -0.05) is 27.7 Å². The number of aromatic nitrogens is 1. The van der Waals surface area contributed by atoms with Crippen molar-refractivity contribution in [2.75, 3.05) is 0 Å². The largest absolute Gasteiger partial charge is 0.417 e. The number of aryl methyl sites for hydroxylation is 1. The third-order valence-electron chi connectivity index (χ3n) is 1.63. The maximum Gasteiger partial charge on any atom is 0.417 e. The smallest absolute Gasteiger partial charge is 0.317 e. The molecule has 0 atom stereocenters. The SMILES string of the molecule is CC.CC.Cn1cc(C(F)(F)F)cc(SC#N)c1=O. The van der Waals surface area contributed by atoms with E-state index in [0.29, 0.717) is 24.0 Å². The molecule has 0 N–H and O–H groups in total. The van der Waals surface area contributed by atoms with Crippen LogP contribution in [0.1, 0.15) is 33.3 Å². The third-order valence-corrected chi connectivity index (χ3v) is 2.24. The summed E-state index contributed by atoms with van der Waals surface area (Å²) in [5.41, 5.74) is -1.56. The van der Waals surface area contributed by atoms with Crippen LogP contribution >= 0.6 is 11.8 Å². The van der Waals surface area contributed by atoms with Crippen LogP contribution < -0.4 is 5.56 Å². The molecule has 3 nitrogen and oxygen atoms in total. The standard InChI is InChI=1S/C8H5F3N2OS.2C2H6/c1-13-3-5(8(9,10)11)2-6(7(13)14)15-4-12;2*1-2/h2-3H,1H3;2*1-2H3. The van der Waals surface area contributed by atoms with E-state index in [9.17, 15) is 18.0 Å². The Morgan fingerprint density at radius 3 is 2.11 bits per heavy atom. The maximum absolute atomic E-state index is 12.3. The highest BCUT2D eigenvalue weighted by Gasteiger charge is 2.31. The normalized spacial score (nSPS) is 9.42. The first-order valence-corrected chi connectivity index (χ1v) is 6.51. The van der Waals surface area contributed by atoms with Crippen LogP contribution in [0.4, 0.5) is 13.2 Å². The average Bonchev–Trinajstić information content (AvgIpc) is 2.38. The first-order valence-electron chi connectivity index (χ1n) is 5.70. The minimum Gasteiger partial charge on any atom is -0.317 e. The van der Waals surface area contributed by atoms with E-state index in [1.54, 1.807) is 5.40 Å². The molecule has 0 spiro atoms. The molecule has 108 valence electrons. The van der Waals surface area contributed by atoms with Gasteiger partial charge in [0.1, 0.15) is 5.40 Å². The summed E-state index contributed by atoms with van der Waals surface area (Å²) in [6.45, 7) is 8.00. The molecule has 0 saturated heterocycles. The molecule has 19 heavy (non-hydrogen) atoms. The van der Waals surface area contributed by atoms with E-state index >= 15 is 0 Å².